The second-order valence-electron chi connectivity index (χ2n) is 5.18. The predicted molar refractivity (Wildman–Crippen MR) is 57.9 cm³/mol. The van der Waals surface area contributed by atoms with Gasteiger partial charge in [-0.05, 0) is 27.7 Å². The molecule has 0 radical (unpaired) electrons. The number of ether oxygens (including phenoxy) is 2. The van der Waals surface area contributed by atoms with E-state index in [-0.39, 0.29) is 16.9 Å². The molecule has 0 N–H and O–H groups in total. The van der Waals surface area contributed by atoms with E-state index >= 15 is 0 Å². The second-order valence-corrected chi connectivity index (χ2v) is 5.18. The summed E-state index contributed by atoms with van der Waals surface area (Å²) in [7, 11) is 0. The Balaban J connectivity index is 2.66. The Hall–Kier alpha value is -1.06. The first-order chi connectivity index (χ1) is 6.73. The van der Waals surface area contributed by atoms with Gasteiger partial charge < -0.3 is 9.47 Å². The lowest BCUT2D eigenvalue weighted by molar-refractivity contribution is -0.142. The number of rotatable bonds is 3. The molecule has 0 unspecified atom stereocenters. The van der Waals surface area contributed by atoms with Crippen LogP contribution < -0.4 is 0 Å². The molecule has 1 rings (SSSR count). The van der Waals surface area contributed by atoms with E-state index in [1.165, 1.54) is 6.92 Å². The Morgan fingerprint density at radius 2 is 2.20 bits per heavy atom. The second kappa shape index (κ2) is 3.83. The molecule has 0 aliphatic carbocycles. The molecule has 0 saturated carbocycles. The lowest BCUT2D eigenvalue weighted by Crippen LogP contribution is -2.30. The number of nitrogens with zero attached hydrogens (tertiary/aromatic N) is 1. The van der Waals surface area contributed by atoms with Gasteiger partial charge in [0.1, 0.15) is 13.2 Å². The SMILES string of the molecule is CC(=O)OCC(C)(C)C1=NC(C)(C)CO1. The third-order valence-corrected chi connectivity index (χ3v) is 2.18. The van der Waals surface area contributed by atoms with Gasteiger partial charge in [-0.3, -0.25) is 4.79 Å². The molecule has 0 bridgehead atoms. The first kappa shape index (κ1) is 12.0. The minimum Gasteiger partial charge on any atom is -0.478 e. The molecule has 0 aromatic rings. The number of hydrogen-bond donors (Lipinski definition) is 0. The lowest BCUT2D eigenvalue weighted by Gasteiger charge is -2.22. The first-order valence-corrected chi connectivity index (χ1v) is 5.09. The third kappa shape index (κ3) is 3.22. The van der Waals surface area contributed by atoms with Gasteiger partial charge in [0.05, 0.1) is 11.0 Å². The molecule has 0 saturated heterocycles. The highest BCUT2D eigenvalue weighted by molar-refractivity contribution is 5.84. The molecule has 15 heavy (non-hydrogen) atoms. The average Bonchev–Trinajstić information content (AvgIpc) is 2.43. The van der Waals surface area contributed by atoms with Crippen molar-refractivity contribution in [2.45, 2.75) is 40.2 Å². The maximum atomic E-state index is 10.7. The van der Waals surface area contributed by atoms with Gasteiger partial charge in [0, 0.05) is 6.92 Å². The van der Waals surface area contributed by atoms with Crippen LogP contribution in [0.4, 0.5) is 0 Å². The number of carbonyl (C=O) groups is 1. The topological polar surface area (TPSA) is 47.9 Å². The summed E-state index contributed by atoms with van der Waals surface area (Å²) in [4.78, 5) is 15.2. The van der Waals surface area contributed by atoms with Gasteiger partial charge >= 0.3 is 5.97 Å². The fourth-order valence-electron chi connectivity index (χ4n) is 1.27. The summed E-state index contributed by atoms with van der Waals surface area (Å²) in [6.45, 7) is 10.2. The largest absolute Gasteiger partial charge is 0.478 e. The third-order valence-electron chi connectivity index (χ3n) is 2.18. The van der Waals surface area contributed by atoms with E-state index in [4.69, 9.17) is 9.47 Å². The molecule has 86 valence electrons. The van der Waals surface area contributed by atoms with Gasteiger partial charge in [-0.15, -0.1) is 0 Å². The van der Waals surface area contributed by atoms with Gasteiger partial charge in [-0.2, -0.15) is 0 Å². The normalized spacial score (nSPS) is 19.4. The Kier molecular flexibility index (Phi) is 3.07. The van der Waals surface area contributed by atoms with Crippen LogP contribution in [0.15, 0.2) is 4.99 Å². The highest BCUT2D eigenvalue weighted by Gasteiger charge is 2.36. The van der Waals surface area contributed by atoms with E-state index in [0.29, 0.717) is 19.1 Å². The first-order valence-electron chi connectivity index (χ1n) is 5.09. The highest BCUT2D eigenvalue weighted by Crippen LogP contribution is 2.27. The molecular formula is C11H19NO3. The van der Waals surface area contributed by atoms with Crippen LogP contribution in [0.25, 0.3) is 0 Å². The summed E-state index contributed by atoms with van der Waals surface area (Å²) in [5.41, 5.74) is -0.512. The van der Waals surface area contributed by atoms with Crippen LogP contribution in [0.3, 0.4) is 0 Å². The number of hydrogen-bond acceptors (Lipinski definition) is 4. The molecule has 0 fully saturated rings. The van der Waals surface area contributed by atoms with Gasteiger partial charge in [-0.1, -0.05) is 0 Å². The summed E-state index contributed by atoms with van der Waals surface area (Å²) in [6.07, 6.45) is 0. The molecule has 4 nitrogen and oxygen atoms in total. The average molecular weight is 213 g/mol. The minimum absolute atomic E-state index is 0.164. The number of esters is 1. The number of carbonyl (C=O) groups excluding carboxylic acids is 1. The monoisotopic (exact) mass is 213 g/mol. The van der Waals surface area contributed by atoms with Gasteiger partial charge in [0.2, 0.25) is 0 Å². The standard InChI is InChI=1S/C11H19NO3/c1-8(13)14-6-10(2,3)9-12-11(4,5)7-15-9/h6-7H2,1-5H3. The summed E-state index contributed by atoms with van der Waals surface area (Å²) < 4.78 is 10.5. The van der Waals surface area contributed by atoms with Gasteiger partial charge in [0.15, 0.2) is 5.90 Å². The molecule has 1 heterocycles. The van der Waals surface area contributed by atoms with Crippen LogP contribution in [0.2, 0.25) is 0 Å². The van der Waals surface area contributed by atoms with Crippen LogP contribution >= 0.6 is 0 Å². The summed E-state index contributed by atoms with van der Waals surface area (Å²) in [5, 5.41) is 0. The van der Waals surface area contributed by atoms with Crippen LogP contribution in [0, 0.1) is 5.41 Å². The van der Waals surface area contributed by atoms with Crippen molar-refractivity contribution in [3.8, 4) is 0 Å². The van der Waals surface area contributed by atoms with Crippen LogP contribution in [-0.4, -0.2) is 30.6 Å². The Bertz CT molecular complexity index is 292. The van der Waals surface area contributed by atoms with E-state index < -0.39 is 0 Å². The quantitative estimate of drug-likeness (QED) is 0.671. The predicted octanol–water partition coefficient (Wildman–Crippen LogP) is 1.78. The fraction of sp³-hybridized carbons (Fsp3) is 0.818. The highest BCUT2D eigenvalue weighted by atomic mass is 16.5. The van der Waals surface area contributed by atoms with Crippen molar-refractivity contribution in [3.63, 3.8) is 0 Å². The van der Waals surface area contributed by atoms with Crippen LogP contribution in [0.1, 0.15) is 34.6 Å². The summed E-state index contributed by atoms with van der Waals surface area (Å²) in [5.74, 6) is 0.398. The van der Waals surface area contributed by atoms with Gasteiger partial charge in [-0.25, -0.2) is 4.99 Å². The van der Waals surface area contributed by atoms with E-state index in [2.05, 4.69) is 4.99 Å². The molecule has 0 aromatic heterocycles. The van der Waals surface area contributed by atoms with Crippen LogP contribution in [0.5, 0.6) is 0 Å². The zero-order valence-corrected chi connectivity index (χ0v) is 10.1. The van der Waals surface area contributed by atoms with Crippen molar-refractivity contribution in [3.05, 3.63) is 0 Å². The van der Waals surface area contributed by atoms with Crippen molar-refractivity contribution in [2.75, 3.05) is 13.2 Å². The molecular weight excluding hydrogens is 194 g/mol. The van der Waals surface area contributed by atoms with Crippen molar-refractivity contribution in [1.82, 2.24) is 0 Å². The number of aliphatic imine (C=N–C) groups is 1. The molecule has 1 aliphatic heterocycles. The van der Waals surface area contributed by atoms with Crippen molar-refractivity contribution < 1.29 is 14.3 Å². The molecule has 4 heteroatoms. The maximum absolute atomic E-state index is 10.7. The van der Waals surface area contributed by atoms with Gasteiger partial charge in [0.25, 0.3) is 0 Å². The van der Waals surface area contributed by atoms with E-state index in [1.54, 1.807) is 0 Å². The van der Waals surface area contributed by atoms with Crippen LogP contribution in [-0.2, 0) is 14.3 Å². The van der Waals surface area contributed by atoms with E-state index in [1.807, 2.05) is 27.7 Å². The van der Waals surface area contributed by atoms with E-state index in [9.17, 15) is 4.79 Å². The summed E-state index contributed by atoms with van der Waals surface area (Å²) >= 11 is 0. The van der Waals surface area contributed by atoms with Crippen molar-refractivity contribution >= 4 is 11.9 Å². The maximum Gasteiger partial charge on any atom is 0.302 e. The Morgan fingerprint density at radius 3 is 2.60 bits per heavy atom. The molecule has 1 aliphatic rings. The smallest absolute Gasteiger partial charge is 0.302 e. The zero-order valence-electron chi connectivity index (χ0n) is 10.1. The fourth-order valence-corrected chi connectivity index (χ4v) is 1.27. The Morgan fingerprint density at radius 1 is 1.60 bits per heavy atom. The van der Waals surface area contributed by atoms with Crippen molar-refractivity contribution in [2.24, 2.45) is 10.4 Å². The Labute approximate surface area is 90.7 Å². The minimum atomic E-state index is -0.348. The molecule has 0 spiro atoms. The zero-order chi connectivity index (χ0) is 11.7. The molecule has 0 aromatic carbocycles. The summed E-state index contributed by atoms with van der Waals surface area (Å²) in [6, 6.07) is 0. The lowest BCUT2D eigenvalue weighted by atomic mass is 9.94. The van der Waals surface area contributed by atoms with E-state index in [0.717, 1.165) is 0 Å². The molecule has 0 amide bonds. The molecule has 0 atom stereocenters. The van der Waals surface area contributed by atoms with Crippen molar-refractivity contribution in [1.29, 1.82) is 0 Å².